The fourth-order valence-electron chi connectivity index (χ4n) is 2.44. The summed E-state index contributed by atoms with van der Waals surface area (Å²) in [6, 6.07) is 6.37. The van der Waals surface area contributed by atoms with Gasteiger partial charge < -0.3 is 15.2 Å². The zero-order valence-electron chi connectivity index (χ0n) is 12.6. The van der Waals surface area contributed by atoms with Gasteiger partial charge in [-0.3, -0.25) is 0 Å². The molecule has 1 aliphatic heterocycles. The molecule has 0 aromatic heterocycles. The van der Waals surface area contributed by atoms with E-state index >= 15 is 0 Å². The van der Waals surface area contributed by atoms with Gasteiger partial charge in [0.1, 0.15) is 5.75 Å². The molecule has 1 heterocycles. The van der Waals surface area contributed by atoms with Crippen LogP contribution in [0, 0.1) is 0 Å². The van der Waals surface area contributed by atoms with Crippen molar-refractivity contribution in [3.63, 3.8) is 0 Å². The Morgan fingerprint density at radius 1 is 1.38 bits per heavy atom. The highest BCUT2D eigenvalue weighted by Gasteiger charge is 2.38. The van der Waals surface area contributed by atoms with E-state index in [2.05, 4.69) is 0 Å². The van der Waals surface area contributed by atoms with Gasteiger partial charge in [-0.1, -0.05) is 0 Å². The largest absolute Gasteiger partial charge is 0.497 e. The first kappa shape index (κ1) is 16.2. The van der Waals surface area contributed by atoms with Crippen molar-refractivity contribution in [2.24, 2.45) is 5.73 Å². The standard InChI is InChI=1S/C14H22N2O4S/c1-14(2)10-16(9-12(8-15)20-14)21(17,18)13-6-4-11(19-3)5-7-13/h4-7,12H,8-10,15H2,1-3H3. The predicted octanol–water partition coefficient (Wildman–Crippen LogP) is 0.822. The minimum atomic E-state index is -3.56. The van der Waals surface area contributed by atoms with Crippen molar-refractivity contribution in [3.8, 4) is 5.75 Å². The first-order chi connectivity index (χ1) is 9.78. The summed E-state index contributed by atoms with van der Waals surface area (Å²) in [7, 11) is -2.02. The molecule has 0 bridgehead atoms. The Morgan fingerprint density at radius 3 is 2.52 bits per heavy atom. The van der Waals surface area contributed by atoms with E-state index in [-0.39, 0.29) is 24.1 Å². The van der Waals surface area contributed by atoms with Crippen LogP contribution in [0.25, 0.3) is 0 Å². The van der Waals surface area contributed by atoms with Crippen LogP contribution in [0.1, 0.15) is 13.8 Å². The van der Waals surface area contributed by atoms with E-state index in [1.165, 1.54) is 4.31 Å². The van der Waals surface area contributed by atoms with Crippen molar-refractivity contribution in [3.05, 3.63) is 24.3 Å². The maximum Gasteiger partial charge on any atom is 0.243 e. The highest BCUT2D eigenvalue weighted by atomic mass is 32.2. The summed E-state index contributed by atoms with van der Waals surface area (Å²) in [5.74, 6) is 0.621. The Labute approximate surface area is 125 Å². The van der Waals surface area contributed by atoms with Crippen molar-refractivity contribution in [2.75, 3.05) is 26.7 Å². The minimum Gasteiger partial charge on any atom is -0.497 e. The fourth-order valence-corrected chi connectivity index (χ4v) is 4.07. The van der Waals surface area contributed by atoms with Crippen LogP contribution in [0.4, 0.5) is 0 Å². The van der Waals surface area contributed by atoms with Crippen molar-refractivity contribution in [2.45, 2.75) is 30.4 Å². The van der Waals surface area contributed by atoms with Crippen LogP contribution in [0.3, 0.4) is 0 Å². The molecule has 7 heteroatoms. The van der Waals surface area contributed by atoms with E-state index in [0.717, 1.165) is 0 Å². The lowest BCUT2D eigenvalue weighted by molar-refractivity contribution is -0.112. The van der Waals surface area contributed by atoms with Crippen molar-refractivity contribution < 1.29 is 17.9 Å². The van der Waals surface area contributed by atoms with Gasteiger partial charge in [-0.05, 0) is 38.1 Å². The number of ether oxygens (including phenoxy) is 2. The number of methoxy groups -OCH3 is 1. The molecule has 1 fully saturated rings. The normalized spacial score (nSPS) is 23.0. The zero-order valence-corrected chi connectivity index (χ0v) is 13.4. The van der Waals surface area contributed by atoms with Crippen LogP contribution in [-0.2, 0) is 14.8 Å². The van der Waals surface area contributed by atoms with Gasteiger partial charge in [0.25, 0.3) is 0 Å². The van der Waals surface area contributed by atoms with Gasteiger partial charge in [0, 0.05) is 19.6 Å². The van der Waals surface area contributed by atoms with Gasteiger partial charge >= 0.3 is 0 Å². The molecule has 1 unspecified atom stereocenters. The Morgan fingerprint density at radius 2 is 2.00 bits per heavy atom. The SMILES string of the molecule is COc1ccc(S(=O)(=O)N2CC(CN)OC(C)(C)C2)cc1. The first-order valence-corrected chi connectivity index (χ1v) is 8.24. The van der Waals surface area contributed by atoms with Gasteiger partial charge in [-0.15, -0.1) is 0 Å². The molecule has 1 aliphatic rings. The number of hydrogen-bond acceptors (Lipinski definition) is 5. The highest BCUT2D eigenvalue weighted by molar-refractivity contribution is 7.89. The molecule has 2 N–H and O–H groups in total. The fraction of sp³-hybridized carbons (Fsp3) is 0.571. The average Bonchev–Trinajstić information content (AvgIpc) is 2.45. The van der Waals surface area contributed by atoms with Crippen molar-refractivity contribution in [1.82, 2.24) is 4.31 Å². The molecule has 6 nitrogen and oxygen atoms in total. The Balaban J connectivity index is 2.29. The lowest BCUT2D eigenvalue weighted by Gasteiger charge is -2.41. The molecule has 0 amide bonds. The average molecular weight is 314 g/mol. The summed E-state index contributed by atoms with van der Waals surface area (Å²) in [5, 5.41) is 0. The summed E-state index contributed by atoms with van der Waals surface area (Å²) in [4.78, 5) is 0.247. The lowest BCUT2D eigenvalue weighted by Crippen LogP contribution is -2.56. The molecule has 0 radical (unpaired) electrons. The number of sulfonamides is 1. The molecule has 21 heavy (non-hydrogen) atoms. The van der Waals surface area contributed by atoms with Gasteiger partial charge in [0.15, 0.2) is 0 Å². The Bertz CT molecular complexity index is 583. The molecule has 1 saturated heterocycles. The van der Waals surface area contributed by atoms with Crippen LogP contribution >= 0.6 is 0 Å². The van der Waals surface area contributed by atoms with Crippen LogP contribution in [-0.4, -0.2) is 51.2 Å². The van der Waals surface area contributed by atoms with E-state index < -0.39 is 15.6 Å². The number of nitrogens with two attached hydrogens (primary N) is 1. The third-order valence-electron chi connectivity index (χ3n) is 3.41. The minimum absolute atomic E-state index is 0.247. The van der Waals surface area contributed by atoms with Gasteiger partial charge in [0.2, 0.25) is 10.0 Å². The molecule has 1 atom stereocenters. The molecular weight excluding hydrogens is 292 g/mol. The molecule has 118 valence electrons. The van der Waals surface area contributed by atoms with Crippen LogP contribution < -0.4 is 10.5 Å². The smallest absolute Gasteiger partial charge is 0.243 e. The Hall–Kier alpha value is -1.15. The van der Waals surface area contributed by atoms with E-state index in [0.29, 0.717) is 12.3 Å². The molecule has 1 aromatic carbocycles. The quantitative estimate of drug-likeness (QED) is 0.890. The van der Waals surface area contributed by atoms with E-state index in [9.17, 15) is 8.42 Å². The van der Waals surface area contributed by atoms with Gasteiger partial charge in [0.05, 0.1) is 23.7 Å². The van der Waals surface area contributed by atoms with Gasteiger partial charge in [-0.2, -0.15) is 4.31 Å². The van der Waals surface area contributed by atoms with E-state index in [1.54, 1.807) is 31.4 Å². The van der Waals surface area contributed by atoms with Crippen molar-refractivity contribution in [1.29, 1.82) is 0 Å². The number of hydrogen-bond donors (Lipinski definition) is 1. The van der Waals surface area contributed by atoms with Crippen LogP contribution in [0.2, 0.25) is 0 Å². The number of benzene rings is 1. The molecule has 2 rings (SSSR count). The molecular formula is C14H22N2O4S. The molecule has 1 aromatic rings. The lowest BCUT2D eigenvalue weighted by atomic mass is 10.1. The summed E-state index contributed by atoms with van der Waals surface area (Å²) < 4.78 is 37.7. The maximum atomic E-state index is 12.7. The monoisotopic (exact) mass is 314 g/mol. The maximum absolute atomic E-state index is 12.7. The highest BCUT2D eigenvalue weighted by Crippen LogP contribution is 2.27. The predicted molar refractivity (Wildman–Crippen MR) is 79.8 cm³/mol. The second-order valence-electron chi connectivity index (χ2n) is 5.71. The molecule has 0 aliphatic carbocycles. The zero-order chi connectivity index (χ0) is 15.7. The number of nitrogens with zero attached hydrogens (tertiary/aromatic N) is 1. The number of morpholine rings is 1. The van der Waals surface area contributed by atoms with Gasteiger partial charge in [-0.25, -0.2) is 8.42 Å². The molecule has 0 saturated carbocycles. The second kappa shape index (κ2) is 5.92. The third kappa shape index (κ3) is 3.55. The second-order valence-corrected chi connectivity index (χ2v) is 7.65. The van der Waals surface area contributed by atoms with E-state index in [1.807, 2.05) is 13.8 Å². The summed E-state index contributed by atoms with van der Waals surface area (Å²) in [6.07, 6.45) is -0.290. The first-order valence-electron chi connectivity index (χ1n) is 6.80. The summed E-state index contributed by atoms with van der Waals surface area (Å²) in [5.41, 5.74) is 5.09. The van der Waals surface area contributed by atoms with E-state index in [4.69, 9.17) is 15.2 Å². The number of rotatable bonds is 4. The van der Waals surface area contributed by atoms with Crippen LogP contribution in [0.15, 0.2) is 29.2 Å². The third-order valence-corrected chi connectivity index (χ3v) is 5.24. The summed E-state index contributed by atoms with van der Waals surface area (Å²) in [6.45, 7) is 4.60. The Kier molecular flexibility index (Phi) is 4.57. The molecule has 0 spiro atoms. The van der Waals surface area contributed by atoms with Crippen molar-refractivity contribution >= 4 is 10.0 Å². The topological polar surface area (TPSA) is 81.9 Å². The summed E-state index contributed by atoms with van der Waals surface area (Å²) >= 11 is 0. The van der Waals surface area contributed by atoms with Crippen LogP contribution in [0.5, 0.6) is 5.75 Å².